The number of nitrogens with zero attached hydrogens (tertiary/aromatic N) is 1. The highest BCUT2D eigenvalue weighted by Crippen LogP contribution is 2.20. The number of anilines is 1. The Morgan fingerprint density at radius 1 is 1.59 bits per heavy atom. The fraction of sp³-hybridized carbons (Fsp3) is 0.500. The van der Waals surface area contributed by atoms with E-state index in [1.54, 1.807) is 6.20 Å². The van der Waals surface area contributed by atoms with Crippen molar-refractivity contribution in [3.8, 4) is 0 Å². The molecule has 92 valence electrons. The Kier molecular flexibility index (Phi) is 4.50. The summed E-state index contributed by atoms with van der Waals surface area (Å²) in [6, 6.07) is 3.66. The number of carbonyl (C=O) groups is 1. The Bertz CT molecular complexity index is 392. The second kappa shape index (κ2) is 6.12. The highest BCUT2D eigenvalue weighted by atomic mass is 79.9. The zero-order valence-electron chi connectivity index (χ0n) is 9.49. The number of amides is 1. The topological polar surface area (TPSA) is 51.2 Å². The molecule has 1 aromatic rings. The minimum Gasteiger partial charge on any atom is -0.378 e. The zero-order valence-corrected chi connectivity index (χ0v) is 11.1. The SMILES string of the molecule is O=C(CC1CCCCO1)Nc1ncccc1Br. The molecule has 0 aromatic carbocycles. The molecule has 1 aliphatic rings. The first-order valence-corrected chi connectivity index (χ1v) is 6.57. The van der Waals surface area contributed by atoms with Crippen LogP contribution >= 0.6 is 15.9 Å². The van der Waals surface area contributed by atoms with Gasteiger partial charge < -0.3 is 10.1 Å². The van der Waals surface area contributed by atoms with Gasteiger partial charge in [-0.15, -0.1) is 0 Å². The first-order valence-electron chi connectivity index (χ1n) is 5.77. The van der Waals surface area contributed by atoms with Crippen LogP contribution in [0.4, 0.5) is 5.82 Å². The average molecular weight is 299 g/mol. The molecule has 1 saturated heterocycles. The van der Waals surface area contributed by atoms with E-state index >= 15 is 0 Å². The number of rotatable bonds is 3. The average Bonchev–Trinajstić information content (AvgIpc) is 2.33. The number of ether oxygens (including phenoxy) is 1. The summed E-state index contributed by atoms with van der Waals surface area (Å²) in [5, 5.41) is 2.78. The molecule has 2 rings (SSSR count). The van der Waals surface area contributed by atoms with Crippen molar-refractivity contribution in [2.24, 2.45) is 0 Å². The second-order valence-corrected chi connectivity index (χ2v) is 4.93. The van der Waals surface area contributed by atoms with Gasteiger partial charge in [0.25, 0.3) is 0 Å². The van der Waals surface area contributed by atoms with Crippen molar-refractivity contribution in [3.05, 3.63) is 22.8 Å². The van der Waals surface area contributed by atoms with Crippen LogP contribution < -0.4 is 5.32 Å². The molecular formula is C12H15BrN2O2. The Balaban J connectivity index is 1.86. The van der Waals surface area contributed by atoms with Crippen LogP contribution in [0.1, 0.15) is 25.7 Å². The smallest absolute Gasteiger partial charge is 0.228 e. The van der Waals surface area contributed by atoms with E-state index in [-0.39, 0.29) is 12.0 Å². The fourth-order valence-electron chi connectivity index (χ4n) is 1.84. The summed E-state index contributed by atoms with van der Waals surface area (Å²) in [6.07, 6.45) is 5.33. The molecule has 2 heterocycles. The standard InChI is InChI=1S/C12H15BrN2O2/c13-10-5-3-6-14-12(10)15-11(16)8-9-4-1-2-7-17-9/h3,5-6,9H,1-2,4,7-8H2,(H,14,15,16). The number of aromatic nitrogens is 1. The first kappa shape index (κ1) is 12.5. The highest BCUT2D eigenvalue weighted by molar-refractivity contribution is 9.10. The zero-order chi connectivity index (χ0) is 12.1. The fourth-order valence-corrected chi connectivity index (χ4v) is 2.19. The van der Waals surface area contributed by atoms with Gasteiger partial charge in [-0.3, -0.25) is 4.79 Å². The second-order valence-electron chi connectivity index (χ2n) is 4.07. The number of hydrogen-bond acceptors (Lipinski definition) is 3. The number of nitrogens with one attached hydrogen (secondary N) is 1. The van der Waals surface area contributed by atoms with Gasteiger partial charge in [-0.2, -0.15) is 0 Å². The third kappa shape index (κ3) is 3.78. The molecule has 1 unspecified atom stereocenters. The summed E-state index contributed by atoms with van der Waals surface area (Å²) >= 11 is 3.34. The van der Waals surface area contributed by atoms with E-state index in [9.17, 15) is 4.79 Å². The van der Waals surface area contributed by atoms with E-state index in [0.29, 0.717) is 12.2 Å². The quantitative estimate of drug-likeness (QED) is 0.933. The van der Waals surface area contributed by atoms with E-state index < -0.39 is 0 Å². The number of pyridine rings is 1. The van der Waals surface area contributed by atoms with Crippen molar-refractivity contribution in [2.75, 3.05) is 11.9 Å². The summed E-state index contributed by atoms with van der Waals surface area (Å²) < 4.78 is 6.31. The van der Waals surface area contributed by atoms with Crippen molar-refractivity contribution >= 4 is 27.7 Å². The molecule has 0 bridgehead atoms. The molecule has 1 aliphatic heterocycles. The van der Waals surface area contributed by atoms with E-state index in [1.165, 1.54) is 0 Å². The van der Waals surface area contributed by atoms with Gasteiger partial charge in [-0.25, -0.2) is 4.98 Å². The van der Waals surface area contributed by atoms with Gasteiger partial charge in [-0.05, 0) is 47.3 Å². The van der Waals surface area contributed by atoms with E-state index in [0.717, 1.165) is 30.3 Å². The lowest BCUT2D eigenvalue weighted by Crippen LogP contribution is -2.25. The van der Waals surface area contributed by atoms with Crippen molar-refractivity contribution in [2.45, 2.75) is 31.8 Å². The molecule has 1 N–H and O–H groups in total. The van der Waals surface area contributed by atoms with Gasteiger partial charge in [0.2, 0.25) is 5.91 Å². The van der Waals surface area contributed by atoms with Crippen molar-refractivity contribution in [1.29, 1.82) is 0 Å². The van der Waals surface area contributed by atoms with E-state index in [1.807, 2.05) is 12.1 Å². The molecule has 1 fully saturated rings. The highest BCUT2D eigenvalue weighted by Gasteiger charge is 2.18. The van der Waals surface area contributed by atoms with Crippen molar-refractivity contribution in [3.63, 3.8) is 0 Å². The maximum atomic E-state index is 11.8. The first-order chi connectivity index (χ1) is 8.25. The minimum atomic E-state index is -0.0451. The van der Waals surface area contributed by atoms with Gasteiger partial charge in [-0.1, -0.05) is 0 Å². The van der Waals surface area contributed by atoms with Crippen LogP contribution in [0.25, 0.3) is 0 Å². The monoisotopic (exact) mass is 298 g/mol. The third-order valence-corrected chi connectivity index (χ3v) is 3.34. The maximum absolute atomic E-state index is 11.8. The molecule has 0 saturated carbocycles. The molecule has 1 aromatic heterocycles. The molecule has 1 atom stereocenters. The minimum absolute atomic E-state index is 0.0451. The van der Waals surface area contributed by atoms with Gasteiger partial charge in [0, 0.05) is 12.8 Å². The lowest BCUT2D eigenvalue weighted by Gasteiger charge is -2.21. The number of halogens is 1. The van der Waals surface area contributed by atoms with Gasteiger partial charge in [0.15, 0.2) is 0 Å². The number of carbonyl (C=O) groups excluding carboxylic acids is 1. The van der Waals surface area contributed by atoms with Crippen LogP contribution in [0.5, 0.6) is 0 Å². The molecule has 0 aliphatic carbocycles. The lowest BCUT2D eigenvalue weighted by molar-refractivity contribution is -0.119. The van der Waals surface area contributed by atoms with Crippen LogP contribution in [0.3, 0.4) is 0 Å². The summed E-state index contributed by atoms with van der Waals surface area (Å²) in [6.45, 7) is 0.769. The van der Waals surface area contributed by atoms with Gasteiger partial charge >= 0.3 is 0 Å². The van der Waals surface area contributed by atoms with E-state index in [2.05, 4.69) is 26.2 Å². The van der Waals surface area contributed by atoms with Gasteiger partial charge in [0.1, 0.15) is 5.82 Å². The van der Waals surface area contributed by atoms with Crippen molar-refractivity contribution in [1.82, 2.24) is 4.98 Å². The third-order valence-electron chi connectivity index (χ3n) is 2.70. The van der Waals surface area contributed by atoms with Crippen LogP contribution in [0, 0.1) is 0 Å². The lowest BCUT2D eigenvalue weighted by atomic mass is 10.1. The maximum Gasteiger partial charge on any atom is 0.228 e. The number of hydrogen-bond donors (Lipinski definition) is 1. The molecule has 0 spiro atoms. The Morgan fingerprint density at radius 3 is 3.18 bits per heavy atom. The predicted octanol–water partition coefficient (Wildman–Crippen LogP) is 2.74. The summed E-state index contributed by atoms with van der Waals surface area (Å²) in [4.78, 5) is 15.9. The normalized spacial score (nSPS) is 19.9. The Hall–Kier alpha value is -0.940. The molecule has 5 heteroatoms. The van der Waals surface area contributed by atoms with E-state index in [4.69, 9.17) is 4.74 Å². The Morgan fingerprint density at radius 2 is 2.47 bits per heavy atom. The summed E-state index contributed by atoms with van der Waals surface area (Å²) in [5.74, 6) is 0.518. The van der Waals surface area contributed by atoms with Crippen LogP contribution in [-0.2, 0) is 9.53 Å². The molecule has 0 radical (unpaired) electrons. The molecule has 17 heavy (non-hydrogen) atoms. The van der Waals surface area contributed by atoms with Crippen LogP contribution in [0.2, 0.25) is 0 Å². The summed E-state index contributed by atoms with van der Waals surface area (Å²) in [5.41, 5.74) is 0. The molecule has 4 nitrogen and oxygen atoms in total. The van der Waals surface area contributed by atoms with Gasteiger partial charge in [0.05, 0.1) is 17.0 Å². The van der Waals surface area contributed by atoms with Crippen LogP contribution in [0.15, 0.2) is 22.8 Å². The van der Waals surface area contributed by atoms with Crippen LogP contribution in [-0.4, -0.2) is 23.6 Å². The predicted molar refractivity (Wildman–Crippen MR) is 68.8 cm³/mol. The van der Waals surface area contributed by atoms with Crippen molar-refractivity contribution < 1.29 is 9.53 Å². The largest absolute Gasteiger partial charge is 0.378 e. The Labute approximate surface area is 109 Å². The molecular weight excluding hydrogens is 284 g/mol. The molecule has 1 amide bonds. The summed E-state index contributed by atoms with van der Waals surface area (Å²) in [7, 11) is 0.